The van der Waals surface area contributed by atoms with Crippen LogP contribution in [0.3, 0.4) is 0 Å². The minimum atomic E-state index is 0.377. The quantitative estimate of drug-likeness (QED) is 0.293. The molecule has 0 radical (unpaired) electrons. The van der Waals surface area contributed by atoms with Gasteiger partial charge in [-0.25, -0.2) is 0 Å². The van der Waals surface area contributed by atoms with E-state index in [1.807, 2.05) is 26.8 Å². The van der Waals surface area contributed by atoms with Gasteiger partial charge in [0.2, 0.25) is 0 Å². The molecule has 38 heavy (non-hydrogen) atoms. The van der Waals surface area contributed by atoms with Gasteiger partial charge in [0.15, 0.2) is 0 Å². The van der Waals surface area contributed by atoms with Crippen LogP contribution in [0.25, 0.3) is 0 Å². The average molecular weight is 520 g/mol. The highest BCUT2D eigenvalue weighted by Gasteiger charge is 2.29. The van der Waals surface area contributed by atoms with Crippen molar-refractivity contribution >= 4 is 0 Å². The van der Waals surface area contributed by atoms with Crippen molar-refractivity contribution in [3.05, 3.63) is 107 Å². The largest absolute Gasteiger partial charge is 0.327 e. The summed E-state index contributed by atoms with van der Waals surface area (Å²) in [5, 5.41) is 0. The summed E-state index contributed by atoms with van der Waals surface area (Å²) in [6.07, 6.45) is 9.76. The summed E-state index contributed by atoms with van der Waals surface area (Å²) in [4.78, 5) is 0. The first-order valence-corrected chi connectivity index (χ1v) is 14.7. The molecule has 2 aromatic carbocycles. The molecule has 0 atom stereocenters. The second-order valence-corrected chi connectivity index (χ2v) is 10.9. The van der Waals surface area contributed by atoms with E-state index in [0.29, 0.717) is 12.0 Å². The first-order valence-electron chi connectivity index (χ1n) is 14.7. The molecule has 0 aliphatic rings. The first-order chi connectivity index (χ1) is 17.9. The average Bonchev–Trinajstić information content (AvgIpc) is 2.88. The molecule has 1 heteroatoms. The van der Waals surface area contributed by atoms with Crippen LogP contribution in [0.4, 0.5) is 0 Å². The van der Waals surface area contributed by atoms with E-state index in [4.69, 9.17) is 5.73 Å². The minimum absolute atomic E-state index is 0.377. The van der Waals surface area contributed by atoms with Crippen molar-refractivity contribution in [2.75, 3.05) is 6.54 Å². The summed E-state index contributed by atoms with van der Waals surface area (Å²) in [6, 6.07) is 17.3. The molecular weight excluding hydrogens is 458 g/mol. The highest BCUT2D eigenvalue weighted by Crippen LogP contribution is 2.42. The summed E-state index contributed by atoms with van der Waals surface area (Å²) in [5.74, 6) is 0. The third kappa shape index (κ3) is 18.0. The SMILES string of the molecule is C=C(C)C.C=C(C)CN.C=C(CCc1ccc(C)cc1C)C(CC)(CCC)CCC.CCc1ccccc1. The lowest BCUT2D eigenvalue weighted by atomic mass is 9.70. The molecule has 0 amide bonds. The Bertz CT molecular complexity index is 894. The number of allylic oxidation sites excluding steroid dienone is 2. The van der Waals surface area contributed by atoms with Gasteiger partial charge in [0.25, 0.3) is 0 Å². The van der Waals surface area contributed by atoms with Crippen molar-refractivity contribution in [1.29, 1.82) is 0 Å². The van der Waals surface area contributed by atoms with Gasteiger partial charge in [-0.15, -0.1) is 6.58 Å². The highest BCUT2D eigenvalue weighted by molar-refractivity contribution is 5.31. The van der Waals surface area contributed by atoms with Crippen molar-refractivity contribution < 1.29 is 0 Å². The fraction of sp³-hybridized carbons (Fsp3) is 0.514. The molecule has 2 aromatic rings. The van der Waals surface area contributed by atoms with Crippen molar-refractivity contribution in [2.24, 2.45) is 11.1 Å². The molecule has 2 N–H and O–H groups in total. The number of rotatable bonds is 11. The monoisotopic (exact) mass is 519 g/mol. The van der Waals surface area contributed by atoms with Crippen molar-refractivity contribution in [2.45, 2.75) is 114 Å². The lowest BCUT2D eigenvalue weighted by molar-refractivity contribution is 0.274. The van der Waals surface area contributed by atoms with E-state index >= 15 is 0 Å². The predicted octanol–water partition coefficient (Wildman–Crippen LogP) is 11.1. The van der Waals surface area contributed by atoms with Gasteiger partial charge in [-0.3, -0.25) is 0 Å². The summed E-state index contributed by atoms with van der Waals surface area (Å²) in [7, 11) is 0. The van der Waals surface area contributed by atoms with Crippen LogP contribution in [0.15, 0.2) is 85.0 Å². The van der Waals surface area contributed by atoms with E-state index in [2.05, 4.69) is 104 Å². The second kappa shape index (κ2) is 22.6. The van der Waals surface area contributed by atoms with Crippen molar-refractivity contribution in [3.63, 3.8) is 0 Å². The molecule has 0 aliphatic heterocycles. The van der Waals surface area contributed by atoms with Gasteiger partial charge >= 0.3 is 0 Å². The van der Waals surface area contributed by atoms with Crippen LogP contribution in [0.1, 0.15) is 109 Å². The number of nitrogens with two attached hydrogens (primary N) is 1. The molecule has 0 saturated heterocycles. The van der Waals surface area contributed by atoms with Crippen LogP contribution < -0.4 is 5.73 Å². The van der Waals surface area contributed by atoms with Crippen LogP contribution in [0.2, 0.25) is 0 Å². The molecule has 0 fully saturated rings. The zero-order chi connectivity index (χ0) is 29.6. The predicted molar refractivity (Wildman–Crippen MR) is 176 cm³/mol. The number of benzene rings is 2. The van der Waals surface area contributed by atoms with Crippen LogP contribution in [-0.4, -0.2) is 6.54 Å². The van der Waals surface area contributed by atoms with Gasteiger partial charge in [0.1, 0.15) is 0 Å². The van der Waals surface area contributed by atoms with E-state index in [-0.39, 0.29) is 0 Å². The molecule has 0 saturated carbocycles. The summed E-state index contributed by atoms with van der Waals surface area (Å²) < 4.78 is 0. The normalized spacial score (nSPS) is 10.1. The fourth-order valence-electron chi connectivity index (χ4n) is 4.43. The Morgan fingerprint density at radius 1 is 0.816 bits per heavy atom. The maximum absolute atomic E-state index is 5.07. The van der Waals surface area contributed by atoms with E-state index in [1.165, 1.54) is 65.5 Å². The standard InChI is InChI=1S/C21H34.C8H10.C4H9N.C4H8/c1-7-14-21(9-3,15-8-2)19(6)11-13-20-12-10-17(4)16-18(20)5;1-2-8-6-4-3-5-7-8;1-4(2)3-5;1-4(2)3/h10,12,16H,6-9,11,13-15H2,1-5H3;3-7H,2H2,1H3;1,3,5H2,2H3;1H2,2-3H3. The van der Waals surface area contributed by atoms with Crippen molar-refractivity contribution in [1.82, 2.24) is 0 Å². The Labute approximate surface area is 238 Å². The van der Waals surface area contributed by atoms with Gasteiger partial charge in [0, 0.05) is 6.54 Å². The van der Waals surface area contributed by atoms with Gasteiger partial charge < -0.3 is 5.73 Å². The lowest BCUT2D eigenvalue weighted by Gasteiger charge is -2.35. The van der Waals surface area contributed by atoms with Gasteiger partial charge in [-0.1, -0.05) is 125 Å². The second-order valence-electron chi connectivity index (χ2n) is 10.9. The van der Waals surface area contributed by atoms with Crippen LogP contribution >= 0.6 is 0 Å². The maximum atomic E-state index is 5.07. The lowest BCUT2D eigenvalue weighted by Crippen LogP contribution is -2.22. The fourth-order valence-corrected chi connectivity index (χ4v) is 4.43. The van der Waals surface area contributed by atoms with E-state index < -0.39 is 0 Å². The maximum Gasteiger partial charge on any atom is 0.0131 e. The molecule has 0 heterocycles. The van der Waals surface area contributed by atoms with Crippen LogP contribution in [-0.2, 0) is 12.8 Å². The molecule has 0 bridgehead atoms. The molecule has 0 unspecified atom stereocenters. The molecule has 2 rings (SSSR count). The van der Waals surface area contributed by atoms with Crippen LogP contribution in [0, 0.1) is 19.3 Å². The van der Waals surface area contributed by atoms with E-state index in [9.17, 15) is 0 Å². The van der Waals surface area contributed by atoms with Crippen LogP contribution in [0.5, 0.6) is 0 Å². The molecule has 1 nitrogen and oxygen atoms in total. The smallest absolute Gasteiger partial charge is 0.0131 e. The molecule has 0 aromatic heterocycles. The zero-order valence-electron chi connectivity index (χ0n) is 26.7. The molecule has 0 spiro atoms. The number of hydrogen-bond donors (Lipinski definition) is 1. The third-order valence-corrected chi connectivity index (χ3v) is 6.68. The van der Waals surface area contributed by atoms with Gasteiger partial charge in [0.05, 0.1) is 0 Å². The highest BCUT2D eigenvalue weighted by atomic mass is 14.5. The Morgan fingerprint density at radius 3 is 1.66 bits per heavy atom. The Balaban J connectivity index is 0. The van der Waals surface area contributed by atoms with E-state index in [1.54, 1.807) is 0 Å². The van der Waals surface area contributed by atoms with Gasteiger partial charge in [-0.05, 0) is 95.2 Å². The topological polar surface area (TPSA) is 26.0 Å². The van der Waals surface area contributed by atoms with Crippen molar-refractivity contribution in [3.8, 4) is 0 Å². The Morgan fingerprint density at radius 2 is 1.32 bits per heavy atom. The Kier molecular flexibility index (Phi) is 22.5. The Hall–Kier alpha value is -2.38. The molecule has 0 aliphatic carbocycles. The summed E-state index contributed by atoms with van der Waals surface area (Å²) in [5.41, 5.74) is 14.8. The van der Waals surface area contributed by atoms with E-state index in [0.717, 1.165) is 24.8 Å². The van der Waals surface area contributed by atoms with Gasteiger partial charge in [-0.2, -0.15) is 0 Å². The summed E-state index contributed by atoms with van der Waals surface area (Å²) in [6.45, 7) is 31.6. The number of aryl methyl sites for hydroxylation is 4. The summed E-state index contributed by atoms with van der Waals surface area (Å²) >= 11 is 0. The zero-order valence-corrected chi connectivity index (χ0v) is 26.7. The minimum Gasteiger partial charge on any atom is -0.327 e. The molecular formula is C37H61N. The number of hydrogen-bond acceptors (Lipinski definition) is 1. The third-order valence-electron chi connectivity index (χ3n) is 6.68. The molecule has 214 valence electrons. The first kappa shape index (κ1) is 37.8.